The summed E-state index contributed by atoms with van der Waals surface area (Å²) in [5.41, 5.74) is 2.75. The molecule has 0 spiro atoms. The van der Waals surface area contributed by atoms with E-state index in [0.717, 1.165) is 17.8 Å². The number of hydrogen-bond donors (Lipinski definition) is 1. The van der Waals surface area contributed by atoms with Crippen LogP contribution in [0.15, 0.2) is 24.4 Å². The van der Waals surface area contributed by atoms with Gasteiger partial charge < -0.3 is 9.47 Å². The Bertz CT molecular complexity index is 644. The van der Waals surface area contributed by atoms with Crippen LogP contribution in [0.25, 0.3) is 0 Å². The normalized spacial score (nSPS) is 19.3. The van der Waals surface area contributed by atoms with E-state index in [4.69, 9.17) is 9.47 Å². The number of benzene rings is 1. The van der Waals surface area contributed by atoms with Gasteiger partial charge in [0.25, 0.3) is 0 Å². The first-order valence-corrected chi connectivity index (χ1v) is 7.33. The van der Waals surface area contributed by atoms with Gasteiger partial charge >= 0.3 is 0 Å². The van der Waals surface area contributed by atoms with Crippen molar-refractivity contribution in [1.29, 1.82) is 0 Å². The number of aromatic nitrogens is 2. The molecule has 5 nitrogen and oxygen atoms in total. The standard InChI is InChI=1S/C16H20FN3O2/c1-11-8-18-19-16(11)13-10-22-7-6-20(13)9-12-4-3-5-14(21-2)15(12)17/h3-5,8,13H,6-7,9-10H2,1-2H3,(H,18,19)/t13-/m0/s1. The lowest BCUT2D eigenvalue weighted by Crippen LogP contribution is -2.39. The molecule has 2 aromatic rings. The van der Waals surface area contributed by atoms with Crippen molar-refractivity contribution < 1.29 is 13.9 Å². The first kappa shape index (κ1) is 15.0. The summed E-state index contributed by atoms with van der Waals surface area (Å²) in [6.45, 7) is 4.50. The van der Waals surface area contributed by atoms with Crippen molar-refractivity contribution in [2.45, 2.75) is 19.5 Å². The number of H-pyrrole nitrogens is 1. The molecule has 0 amide bonds. The van der Waals surface area contributed by atoms with E-state index >= 15 is 0 Å². The molecule has 0 unspecified atom stereocenters. The highest BCUT2D eigenvalue weighted by Gasteiger charge is 2.28. The summed E-state index contributed by atoms with van der Waals surface area (Å²) in [6.07, 6.45) is 1.80. The number of halogens is 1. The van der Waals surface area contributed by atoms with Crippen LogP contribution in [0.5, 0.6) is 5.75 Å². The smallest absolute Gasteiger partial charge is 0.169 e. The molecule has 1 N–H and O–H groups in total. The van der Waals surface area contributed by atoms with E-state index in [-0.39, 0.29) is 17.6 Å². The molecule has 1 aromatic carbocycles. The molecule has 2 heterocycles. The van der Waals surface area contributed by atoms with E-state index in [9.17, 15) is 4.39 Å². The monoisotopic (exact) mass is 305 g/mol. The van der Waals surface area contributed by atoms with Crippen molar-refractivity contribution in [3.05, 3.63) is 47.0 Å². The molecule has 3 rings (SSSR count). The predicted octanol–water partition coefficient (Wildman–Crippen LogP) is 2.44. The molecule has 22 heavy (non-hydrogen) atoms. The zero-order valence-electron chi connectivity index (χ0n) is 12.8. The average Bonchev–Trinajstić information content (AvgIpc) is 2.96. The molecule has 1 fully saturated rings. The van der Waals surface area contributed by atoms with Gasteiger partial charge in [0.1, 0.15) is 0 Å². The number of aromatic amines is 1. The van der Waals surface area contributed by atoms with Crippen LogP contribution in [0.3, 0.4) is 0 Å². The second-order valence-electron chi connectivity index (χ2n) is 5.46. The average molecular weight is 305 g/mol. The number of methoxy groups -OCH3 is 1. The van der Waals surface area contributed by atoms with Crippen molar-refractivity contribution >= 4 is 0 Å². The van der Waals surface area contributed by atoms with Gasteiger partial charge in [-0.25, -0.2) is 4.39 Å². The van der Waals surface area contributed by atoms with Crippen molar-refractivity contribution in [3.8, 4) is 5.75 Å². The Morgan fingerprint density at radius 2 is 2.36 bits per heavy atom. The fourth-order valence-electron chi connectivity index (χ4n) is 2.84. The Balaban J connectivity index is 1.85. The number of rotatable bonds is 4. The van der Waals surface area contributed by atoms with Gasteiger partial charge in [-0.15, -0.1) is 0 Å². The lowest BCUT2D eigenvalue weighted by molar-refractivity contribution is -0.0149. The van der Waals surface area contributed by atoms with Crippen molar-refractivity contribution in [1.82, 2.24) is 15.1 Å². The highest BCUT2D eigenvalue weighted by molar-refractivity contribution is 5.31. The zero-order chi connectivity index (χ0) is 15.5. The summed E-state index contributed by atoms with van der Waals surface area (Å²) in [5, 5.41) is 7.12. The minimum absolute atomic E-state index is 0.0573. The van der Waals surface area contributed by atoms with Crippen LogP contribution in [0, 0.1) is 12.7 Å². The number of hydrogen-bond acceptors (Lipinski definition) is 4. The van der Waals surface area contributed by atoms with E-state index in [2.05, 4.69) is 15.1 Å². The highest BCUT2D eigenvalue weighted by atomic mass is 19.1. The number of nitrogens with zero attached hydrogens (tertiary/aromatic N) is 2. The Labute approximate surface area is 129 Å². The fraction of sp³-hybridized carbons (Fsp3) is 0.438. The molecule has 0 saturated carbocycles. The Morgan fingerprint density at radius 1 is 1.50 bits per heavy atom. The Morgan fingerprint density at radius 3 is 3.09 bits per heavy atom. The van der Waals surface area contributed by atoms with Crippen LogP contribution in [0.1, 0.15) is 22.9 Å². The van der Waals surface area contributed by atoms with E-state index in [1.165, 1.54) is 7.11 Å². The lowest BCUT2D eigenvalue weighted by Gasteiger charge is -2.35. The summed E-state index contributed by atoms with van der Waals surface area (Å²) in [6, 6.07) is 5.30. The SMILES string of the molecule is COc1cccc(CN2CCOC[C@H]2c2[nH]ncc2C)c1F. The lowest BCUT2D eigenvalue weighted by atomic mass is 10.1. The number of nitrogens with one attached hydrogen (secondary N) is 1. The van der Waals surface area contributed by atoms with E-state index in [1.807, 2.05) is 13.0 Å². The van der Waals surface area contributed by atoms with Gasteiger partial charge in [-0.3, -0.25) is 10.00 Å². The molecule has 1 aliphatic heterocycles. The largest absolute Gasteiger partial charge is 0.494 e. The highest BCUT2D eigenvalue weighted by Crippen LogP contribution is 2.28. The summed E-state index contributed by atoms with van der Waals surface area (Å²) < 4.78 is 25.0. The van der Waals surface area contributed by atoms with Gasteiger partial charge in [0.15, 0.2) is 11.6 Å². The van der Waals surface area contributed by atoms with Crippen LogP contribution >= 0.6 is 0 Å². The third-order valence-electron chi connectivity index (χ3n) is 4.08. The third-order valence-corrected chi connectivity index (χ3v) is 4.08. The molecule has 0 radical (unpaired) electrons. The Kier molecular flexibility index (Phi) is 4.40. The van der Waals surface area contributed by atoms with Crippen LogP contribution in [0.4, 0.5) is 4.39 Å². The molecule has 1 aromatic heterocycles. The Hall–Kier alpha value is -1.92. The van der Waals surface area contributed by atoms with Gasteiger partial charge in [-0.05, 0) is 18.6 Å². The summed E-state index contributed by atoms with van der Waals surface area (Å²) >= 11 is 0. The minimum Gasteiger partial charge on any atom is -0.494 e. The second-order valence-corrected chi connectivity index (χ2v) is 5.46. The summed E-state index contributed by atoms with van der Waals surface area (Å²) in [7, 11) is 1.48. The quantitative estimate of drug-likeness (QED) is 0.942. The third kappa shape index (κ3) is 2.84. The number of aryl methyl sites for hydroxylation is 1. The second kappa shape index (κ2) is 6.46. The maximum Gasteiger partial charge on any atom is 0.169 e. The molecule has 1 aliphatic rings. The van der Waals surface area contributed by atoms with Crippen molar-refractivity contribution in [2.24, 2.45) is 0 Å². The van der Waals surface area contributed by atoms with E-state index in [0.29, 0.717) is 25.3 Å². The van der Waals surface area contributed by atoms with Gasteiger partial charge in [0, 0.05) is 18.7 Å². The molecular weight excluding hydrogens is 285 g/mol. The van der Waals surface area contributed by atoms with E-state index in [1.54, 1.807) is 18.3 Å². The minimum atomic E-state index is -0.295. The first-order valence-electron chi connectivity index (χ1n) is 7.33. The number of morpholine rings is 1. The molecule has 0 bridgehead atoms. The molecule has 6 heteroatoms. The molecule has 1 atom stereocenters. The van der Waals surface area contributed by atoms with Crippen LogP contribution < -0.4 is 4.74 Å². The molecule has 1 saturated heterocycles. The van der Waals surface area contributed by atoms with Crippen LogP contribution in [-0.4, -0.2) is 42.0 Å². The fourth-order valence-corrected chi connectivity index (χ4v) is 2.84. The van der Waals surface area contributed by atoms with E-state index < -0.39 is 0 Å². The predicted molar refractivity (Wildman–Crippen MR) is 80.2 cm³/mol. The first-order chi connectivity index (χ1) is 10.7. The number of ether oxygens (including phenoxy) is 2. The molecule has 118 valence electrons. The van der Waals surface area contributed by atoms with Crippen molar-refractivity contribution in [2.75, 3.05) is 26.9 Å². The summed E-state index contributed by atoms with van der Waals surface area (Å²) in [4.78, 5) is 2.21. The van der Waals surface area contributed by atoms with Gasteiger partial charge in [0.2, 0.25) is 0 Å². The zero-order valence-corrected chi connectivity index (χ0v) is 12.8. The van der Waals surface area contributed by atoms with Crippen LogP contribution in [0.2, 0.25) is 0 Å². The summed E-state index contributed by atoms with van der Waals surface area (Å²) in [5.74, 6) is -0.0170. The van der Waals surface area contributed by atoms with Gasteiger partial charge in [-0.2, -0.15) is 5.10 Å². The van der Waals surface area contributed by atoms with Crippen LogP contribution in [-0.2, 0) is 11.3 Å². The maximum absolute atomic E-state index is 14.4. The topological polar surface area (TPSA) is 50.4 Å². The molecule has 0 aliphatic carbocycles. The van der Waals surface area contributed by atoms with Gasteiger partial charge in [-0.1, -0.05) is 12.1 Å². The van der Waals surface area contributed by atoms with Gasteiger partial charge in [0.05, 0.1) is 38.3 Å². The molecular formula is C16H20FN3O2. The van der Waals surface area contributed by atoms with Crippen molar-refractivity contribution in [3.63, 3.8) is 0 Å². The maximum atomic E-state index is 14.4.